The summed E-state index contributed by atoms with van der Waals surface area (Å²) in [5.74, 6) is 7.63. The molecule has 142 valence electrons. The number of anilines is 2. The van der Waals surface area contributed by atoms with E-state index in [9.17, 15) is 0 Å². The lowest BCUT2D eigenvalue weighted by Gasteiger charge is -2.14. The van der Waals surface area contributed by atoms with Gasteiger partial charge < -0.3 is 30.8 Å². The number of hydrazone groups is 1. The second-order valence-electron chi connectivity index (χ2n) is 6.13. The third kappa shape index (κ3) is 2.90. The van der Waals surface area contributed by atoms with Gasteiger partial charge in [-0.1, -0.05) is 0 Å². The Bertz CT molecular complexity index is 1200. The summed E-state index contributed by atoms with van der Waals surface area (Å²) in [5.41, 5.74) is 9.92. The number of hydrogen-bond donors (Lipinski definition) is 3. The molecule has 0 amide bonds. The van der Waals surface area contributed by atoms with E-state index in [1.165, 1.54) is 0 Å². The van der Waals surface area contributed by atoms with Crippen LogP contribution in [0, 0.1) is 0 Å². The summed E-state index contributed by atoms with van der Waals surface area (Å²) in [7, 11) is 3.24. The highest BCUT2D eigenvalue weighted by Crippen LogP contribution is 2.33. The predicted octanol–water partition coefficient (Wildman–Crippen LogP) is 2.83. The van der Waals surface area contributed by atoms with Crippen molar-refractivity contribution in [3.63, 3.8) is 0 Å². The molecule has 0 fully saturated rings. The minimum atomic E-state index is 0.250. The smallest absolute Gasteiger partial charge is 0.155 e. The Labute approximate surface area is 161 Å². The molecule has 0 spiro atoms. The maximum Gasteiger partial charge on any atom is 0.155 e. The van der Waals surface area contributed by atoms with Crippen LogP contribution >= 0.6 is 0 Å². The molecule has 5 N–H and O–H groups in total. The Balaban J connectivity index is 1.89. The zero-order chi connectivity index (χ0) is 19.7. The molecule has 2 aromatic heterocycles. The van der Waals surface area contributed by atoms with Crippen molar-refractivity contribution < 1.29 is 9.47 Å². The van der Waals surface area contributed by atoms with Crippen LogP contribution in [0.1, 0.15) is 5.56 Å². The van der Waals surface area contributed by atoms with E-state index in [4.69, 9.17) is 26.0 Å². The fraction of sp³-hybridized carbons (Fsp3) is 0.100. The number of methoxy groups -OCH3 is 2. The number of nitrogens with two attached hydrogens (primary N) is 2. The lowest BCUT2D eigenvalue weighted by atomic mass is 10.1. The molecular formula is C20H20N6O2. The van der Waals surface area contributed by atoms with Crippen LogP contribution in [0.25, 0.3) is 16.6 Å². The monoisotopic (exact) mass is 376 g/mol. The Morgan fingerprint density at radius 3 is 2.68 bits per heavy atom. The van der Waals surface area contributed by atoms with Crippen molar-refractivity contribution >= 4 is 33.9 Å². The Hall–Kier alpha value is -3.94. The summed E-state index contributed by atoms with van der Waals surface area (Å²) in [6.45, 7) is 0. The van der Waals surface area contributed by atoms with Gasteiger partial charge in [0, 0.05) is 17.8 Å². The van der Waals surface area contributed by atoms with Crippen LogP contribution in [-0.2, 0) is 0 Å². The third-order valence-electron chi connectivity index (χ3n) is 4.55. The molecule has 0 bridgehead atoms. The van der Waals surface area contributed by atoms with Crippen LogP contribution in [0.15, 0.2) is 59.8 Å². The minimum Gasteiger partial charge on any atom is -0.497 e. The third-order valence-corrected chi connectivity index (χ3v) is 4.55. The van der Waals surface area contributed by atoms with Crippen molar-refractivity contribution in [2.24, 2.45) is 16.7 Å². The van der Waals surface area contributed by atoms with E-state index in [1.807, 2.05) is 54.7 Å². The quantitative estimate of drug-likeness (QED) is 0.214. The minimum absolute atomic E-state index is 0.250. The van der Waals surface area contributed by atoms with E-state index >= 15 is 0 Å². The van der Waals surface area contributed by atoms with Gasteiger partial charge in [0.15, 0.2) is 5.82 Å². The molecule has 0 aliphatic rings. The molecule has 4 rings (SSSR count). The van der Waals surface area contributed by atoms with Crippen LogP contribution in [0.3, 0.4) is 0 Å². The van der Waals surface area contributed by atoms with Gasteiger partial charge in [0.2, 0.25) is 0 Å². The Morgan fingerprint density at radius 2 is 1.93 bits per heavy atom. The first kappa shape index (κ1) is 17.5. The largest absolute Gasteiger partial charge is 0.497 e. The first-order chi connectivity index (χ1) is 13.6. The average Bonchev–Trinajstić information content (AvgIpc) is 3.23. The average molecular weight is 376 g/mol. The predicted molar refractivity (Wildman–Crippen MR) is 110 cm³/mol. The number of ether oxygens (including phenoxy) is 2. The van der Waals surface area contributed by atoms with Gasteiger partial charge in [-0.05, 0) is 42.5 Å². The van der Waals surface area contributed by atoms with Crippen molar-refractivity contribution in [2.45, 2.75) is 0 Å². The first-order valence-corrected chi connectivity index (χ1v) is 8.58. The normalized spacial score (nSPS) is 11.7. The Morgan fingerprint density at radius 1 is 1.07 bits per heavy atom. The van der Waals surface area contributed by atoms with Gasteiger partial charge in [0.25, 0.3) is 0 Å². The SMILES string of the molecule is COc1ccc(OC)c(Nc2nc3cc(/C(N)=N/N)ccc3n3cccc23)c1. The highest BCUT2D eigenvalue weighted by atomic mass is 16.5. The van der Waals surface area contributed by atoms with Crippen LogP contribution in [-0.4, -0.2) is 29.4 Å². The molecule has 0 atom stereocenters. The van der Waals surface area contributed by atoms with E-state index in [0.717, 1.165) is 22.2 Å². The molecule has 0 saturated heterocycles. The van der Waals surface area contributed by atoms with Gasteiger partial charge in [-0.3, -0.25) is 0 Å². The van der Waals surface area contributed by atoms with Crippen molar-refractivity contribution in [3.8, 4) is 11.5 Å². The number of nitrogens with one attached hydrogen (secondary N) is 1. The molecule has 0 unspecified atom stereocenters. The summed E-state index contributed by atoms with van der Waals surface area (Å²) in [4.78, 5) is 4.80. The summed E-state index contributed by atoms with van der Waals surface area (Å²) in [6.07, 6.45) is 1.98. The van der Waals surface area contributed by atoms with E-state index in [-0.39, 0.29) is 5.84 Å². The molecular weight excluding hydrogens is 356 g/mol. The topological polar surface area (TPSA) is 112 Å². The Kier molecular flexibility index (Phi) is 4.36. The standard InChI is InChI=1S/C20H20N6O2/c1-27-13-6-8-18(28-2)15(11-13)24-20-17-4-3-9-26(17)16-7-5-12(19(21)25-22)10-14(16)23-20/h3-11H,22H2,1-2H3,(H2,21,25)(H,23,24). The number of aromatic nitrogens is 2. The highest BCUT2D eigenvalue weighted by molar-refractivity contribution is 6.00. The van der Waals surface area contributed by atoms with Gasteiger partial charge in [-0.2, -0.15) is 5.10 Å². The highest BCUT2D eigenvalue weighted by Gasteiger charge is 2.12. The molecule has 8 heteroatoms. The van der Waals surface area contributed by atoms with Crippen molar-refractivity contribution in [3.05, 3.63) is 60.3 Å². The van der Waals surface area contributed by atoms with E-state index in [0.29, 0.717) is 22.9 Å². The van der Waals surface area contributed by atoms with Gasteiger partial charge in [-0.15, -0.1) is 0 Å². The second-order valence-corrected chi connectivity index (χ2v) is 6.13. The molecule has 28 heavy (non-hydrogen) atoms. The number of fused-ring (bicyclic) bond motifs is 3. The van der Waals surface area contributed by atoms with Gasteiger partial charge in [0.05, 0.1) is 36.5 Å². The van der Waals surface area contributed by atoms with E-state index in [1.54, 1.807) is 14.2 Å². The van der Waals surface area contributed by atoms with E-state index < -0.39 is 0 Å². The molecule has 0 aliphatic heterocycles. The van der Waals surface area contributed by atoms with Crippen LogP contribution in [0.4, 0.5) is 11.5 Å². The lowest BCUT2D eigenvalue weighted by molar-refractivity contribution is 0.405. The zero-order valence-corrected chi connectivity index (χ0v) is 15.5. The van der Waals surface area contributed by atoms with Gasteiger partial charge in [0.1, 0.15) is 17.3 Å². The summed E-state index contributed by atoms with van der Waals surface area (Å²) < 4.78 is 12.8. The molecule has 0 saturated carbocycles. The first-order valence-electron chi connectivity index (χ1n) is 8.58. The molecule has 2 heterocycles. The fourth-order valence-electron chi connectivity index (χ4n) is 3.14. The maximum atomic E-state index is 5.85. The number of amidine groups is 1. The van der Waals surface area contributed by atoms with Crippen molar-refractivity contribution in [1.82, 2.24) is 9.38 Å². The molecule has 0 aliphatic carbocycles. The van der Waals surface area contributed by atoms with Gasteiger partial charge >= 0.3 is 0 Å². The number of hydrogen-bond acceptors (Lipinski definition) is 6. The maximum absolute atomic E-state index is 5.85. The summed E-state index contributed by atoms with van der Waals surface area (Å²) in [5, 5.41) is 6.92. The molecule has 4 aromatic rings. The number of rotatable bonds is 5. The van der Waals surface area contributed by atoms with Crippen LogP contribution in [0.2, 0.25) is 0 Å². The van der Waals surface area contributed by atoms with Crippen LogP contribution < -0.4 is 26.4 Å². The lowest BCUT2D eigenvalue weighted by Crippen LogP contribution is -2.15. The number of benzene rings is 2. The van der Waals surface area contributed by atoms with Crippen molar-refractivity contribution in [2.75, 3.05) is 19.5 Å². The van der Waals surface area contributed by atoms with Gasteiger partial charge in [-0.25, -0.2) is 4.98 Å². The second kappa shape index (κ2) is 6.99. The molecule has 2 aromatic carbocycles. The fourth-order valence-corrected chi connectivity index (χ4v) is 3.14. The van der Waals surface area contributed by atoms with Crippen molar-refractivity contribution in [1.29, 1.82) is 0 Å². The summed E-state index contributed by atoms with van der Waals surface area (Å²) in [6, 6.07) is 15.2. The molecule has 0 radical (unpaired) electrons. The number of nitrogens with zero attached hydrogens (tertiary/aromatic N) is 3. The van der Waals surface area contributed by atoms with Crippen LogP contribution in [0.5, 0.6) is 11.5 Å². The van der Waals surface area contributed by atoms with E-state index in [2.05, 4.69) is 14.8 Å². The zero-order valence-electron chi connectivity index (χ0n) is 15.5. The summed E-state index contributed by atoms with van der Waals surface area (Å²) >= 11 is 0. The molecule has 8 nitrogen and oxygen atoms in total.